The Labute approximate surface area is 226 Å². The van der Waals surface area contributed by atoms with Crippen molar-refractivity contribution in [2.45, 2.75) is 18.7 Å². The maximum absolute atomic E-state index is 13.0. The Balaban J connectivity index is 1.79. The molecule has 0 bridgehead atoms. The highest BCUT2D eigenvalue weighted by molar-refractivity contribution is 7.98. The molecule has 0 heterocycles. The lowest BCUT2D eigenvalue weighted by Gasteiger charge is -2.17. The quantitative estimate of drug-likeness (QED) is 0.197. The first-order chi connectivity index (χ1) is 18.1. The Kier molecular flexibility index (Phi) is 9.91. The van der Waals surface area contributed by atoms with E-state index in [4.69, 9.17) is 11.6 Å². The number of benzene rings is 3. The van der Waals surface area contributed by atoms with E-state index in [0.29, 0.717) is 16.5 Å². The molecule has 196 valence electrons. The number of nitrogens with one attached hydrogen (secondary N) is 2. The van der Waals surface area contributed by atoms with Gasteiger partial charge in [0.1, 0.15) is 6.04 Å². The van der Waals surface area contributed by atoms with Crippen LogP contribution in [-0.4, -0.2) is 39.2 Å². The van der Waals surface area contributed by atoms with Crippen molar-refractivity contribution in [1.29, 1.82) is 0 Å². The average molecular weight is 556 g/mol. The fraction of sp³-hybridized carbons (Fsp3) is 0.160. The number of nitro benzene ring substituents is 2. The number of non-ortho nitro benzene ring substituents is 2. The normalized spacial score (nSPS) is 11.9. The first kappa shape index (κ1) is 28.3. The number of halogens is 1. The van der Waals surface area contributed by atoms with Gasteiger partial charge in [0, 0.05) is 28.7 Å². The van der Waals surface area contributed by atoms with Gasteiger partial charge in [0.15, 0.2) is 0 Å². The molecule has 2 N–H and O–H groups in total. The largest absolute Gasteiger partial charge is 0.339 e. The molecule has 0 saturated heterocycles. The highest BCUT2D eigenvalue weighted by Crippen LogP contribution is 2.23. The molecule has 0 aromatic heterocycles. The van der Waals surface area contributed by atoms with Crippen LogP contribution < -0.4 is 10.7 Å². The molecule has 13 heteroatoms. The maximum atomic E-state index is 13.0. The van der Waals surface area contributed by atoms with Crippen molar-refractivity contribution in [2.24, 2.45) is 5.10 Å². The van der Waals surface area contributed by atoms with Crippen LogP contribution in [0.2, 0.25) is 5.02 Å². The summed E-state index contributed by atoms with van der Waals surface area (Å²) in [5.74, 6) is -0.822. The number of hydrogen-bond acceptors (Lipinski definition) is 8. The molecule has 3 aromatic rings. The molecule has 1 atom stereocenters. The van der Waals surface area contributed by atoms with Crippen LogP contribution in [0, 0.1) is 20.2 Å². The summed E-state index contributed by atoms with van der Waals surface area (Å²) < 4.78 is 0. The lowest BCUT2D eigenvalue weighted by molar-refractivity contribution is -0.394. The highest BCUT2D eigenvalue weighted by Gasteiger charge is 2.25. The second-order valence-corrected chi connectivity index (χ2v) is 9.43. The van der Waals surface area contributed by atoms with E-state index in [1.807, 2.05) is 30.3 Å². The van der Waals surface area contributed by atoms with E-state index in [2.05, 4.69) is 15.8 Å². The van der Waals surface area contributed by atoms with Gasteiger partial charge < -0.3 is 5.32 Å². The highest BCUT2D eigenvalue weighted by atomic mass is 35.5. The Hall–Kier alpha value is -4.29. The molecule has 0 aliphatic heterocycles. The predicted octanol–water partition coefficient (Wildman–Crippen LogP) is 4.73. The number of hydrogen-bond donors (Lipinski definition) is 2. The maximum Gasteiger partial charge on any atom is 0.277 e. The minimum atomic E-state index is -1.10. The third-order valence-electron chi connectivity index (χ3n) is 5.20. The van der Waals surface area contributed by atoms with Gasteiger partial charge in [-0.2, -0.15) is 16.9 Å². The first-order valence-corrected chi connectivity index (χ1v) is 12.6. The van der Waals surface area contributed by atoms with Crippen LogP contribution in [0.1, 0.15) is 28.4 Å². The van der Waals surface area contributed by atoms with Crippen molar-refractivity contribution in [1.82, 2.24) is 10.7 Å². The van der Waals surface area contributed by atoms with Gasteiger partial charge in [-0.05, 0) is 30.2 Å². The van der Waals surface area contributed by atoms with Crippen molar-refractivity contribution in [2.75, 3.05) is 5.75 Å². The Morgan fingerprint density at radius 3 is 2.13 bits per heavy atom. The second-order valence-electron chi connectivity index (χ2n) is 7.96. The van der Waals surface area contributed by atoms with Crippen LogP contribution in [0.25, 0.3) is 0 Å². The van der Waals surface area contributed by atoms with Gasteiger partial charge in [0.25, 0.3) is 23.2 Å². The van der Waals surface area contributed by atoms with Crippen molar-refractivity contribution in [3.8, 4) is 0 Å². The number of thioether (sulfide) groups is 1. The first-order valence-electron chi connectivity index (χ1n) is 11.1. The molecular weight excluding hydrogens is 534 g/mol. The summed E-state index contributed by atoms with van der Waals surface area (Å²) in [5, 5.41) is 29.6. The Bertz CT molecular complexity index is 1340. The van der Waals surface area contributed by atoms with E-state index >= 15 is 0 Å². The minimum Gasteiger partial charge on any atom is -0.339 e. The van der Waals surface area contributed by atoms with Gasteiger partial charge in [-0.3, -0.25) is 29.8 Å². The predicted molar refractivity (Wildman–Crippen MR) is 145 cm³/mol. The smallest absolute Gasteiger partial charge is 0.277 e. The lowest BCUT2D eigenvalue weighted by atomic mass is 10.1. The number of carbonyl (C=O) groups is 2. The fourth-order valence-electron chi connectivity index (χ4n) is 3.20. The van der Waals surface area contributed by atoms with Crippen molar-refractivity contribution < 1.29 is 19.4 Å². The van der Waals surface area contributed by atoms with Gasteiger partial charge in [0.05, 0.1) is 27.2 Å². The minimum absolute atomic E-state index is 0.138. The summed E-state index contributed by atoms with van der Waals surface area (Å²) >= 11 is 7.28. The molecule has 3 aromatic carbocycles. The molecule has 11 nitrogen and oxygen atoms in total. The summed E-state index contributed by atoms with van der Waals surface area (Å²) in [5.41, 5.74) is 3.09. The third kappa shape index (κ3) is 8.11. The number of amides is 2. The molecule has 0 fully saturated rings. The van der Waals surface area contributed by atoms with Gasteiger partial charge >= 0.3 is 0 Å². The summed E-state index contributed by atoms with van der Waals surface area (Å²) in [6.07, 6.45) is 0. The van der Waals surface area contributed by atoms with Crippen molar-refractivity contribution >= 4 is 52.3 Å². The van der Waals surface area contributed by atoms with Crippen molar-refractivity contribution in [3.05, 3.63) is 115 Å². The molecule has 0 aliphatic carbocycles. The standard InChI is InChI=1S/C25H22ClN5O6S/c1-16(18-7-9-20(26)10-8-18)28-29-25(33)23(15-38-14-17-5-3-2-4-6-17)27-24(32)19-11-21(30(34)35)13-22(12-19)31(36)37/h2-13,23H,14-15H2,1H3,(H,27,32)(H,29,33)/b28-16-. The zero-order chi connectivity index (χ0) is 27.7. The summed E-state index contributed by atoms with van der Waals surface area (Å²) in [6.45, 7) is 1.68. The number of rotatable bonds is 11. The van der Waals surface area contributed by atoms with Crippen LogP contribution in [0.3, 0.4) is 0 Å². The van der Waals surface area contributed by atoms with Crippen molar-refractivity contribution in [3.63, 3.8) is 0 Å². The summed E-state index contributed by atoms with van der Waals surface area (Å²) in [7, 11) is 0. The van der Waals surface area contributed by atoms with E-state index in [9.17, 15) is 29.8 Å². The monoisotopic (exact) mass is 555 g/mol. The van der Waals surface area contributed by atoms with Crippen LogP contribution in [0.4, 0.5) is 11.4 Å². The third-order valence-corrected chi connectivity index (χ3v) is 6.56. The van der Waals surface area contributed by atoms with Gasteiger partial charge in [0.2, 0.25) is 0 Å². The Morgan fingerprint density at radius 2 is 1.55 bits per heavy atom. The Morgan fingerprint density at radius 1 is 0.947 bits per heavy atom. The van der Waals surface area contributed by atoms with E-state index < -0.39 is 39.1 Å². The molecule has 1 unspecified atom stereocenters. The molecule has 0 spiro atoms. The summed E-state index contributed by atoms with van der Waals surface area (Å²) in [6, 6.07) is 17.8. The van der Waals surface area contributed by atoms with Crippen LogP contribution >= 0.6 is 23.4 Å². The zero-order valence-corrected chi connectivity index (χ0v) is 21.6. The molecule has 3 rings (SSSR count). The second kappa shape index (κ2) is 13.3. The van der Waals surface area contributed by atoms with E-state index in [0.717, 1.165) is 29.3 Å². The van der Waals surface area contributed by atoms with Crippen LogP contribution in [0.5, 0.6) is 0 Å². The van der Waals surface area contributed by atoms with Gasteiger partial charge in [-0.15, -0.1) is 0 Å². The number of nitrogens with zero attached hydrogens (tertiary/aromatic N) is 3. The fourth-order valence-corrected chi connectivity index (χ4v) is 4.35. The van der Waals surface area contributed by atoms with E-state index in [-0.39, 0.29) is 11.3 Å². The van der Waals surface area contributed by atoms with Gasteiger partial charge in [-0.25, -0.2) is 5.43 Å². The zero-order valence-electron chi connectivity index (χ0n) is 20.0. The lowest BCUT2D eigenvalue weighted by Crippen LogP contribution is -2.47. The molecule has 0 radical (unpaired) electrons. The summed E-state index contributed by atoms with van der Waals surface area (Å²) in [4.78, 5) is 46.7. The van der Waals surface area contributed by atoms with Crippen LogP contribution in [-0.2, 0) is 10.5 Å². The average Bonchev–Trinajstić information content (AvgIpc) is 2.91. The molecule has 0 aliphatic rings. The number of nitro groups is 2. The molecule has 38 heavy (non-hydrogen) atoms. The SMILES string of the molecule is C/C(=N/NC(=O)C(CSCc1ccccc1)NC(=O)c1cc([N+](=O)[O-])cc([N+](=O)[O-])c1)c1ccc(Cl)cc1. The molecule has 0 saturated carbocycles. The molecular formula is C25H22ClN5O6S. The van der Waals surface area contributed by atoms with Gasteiger partial charge in [-0.1, -0.05) is 54.1 Å². The van der Waals surface area contributed by atoms with E-state index in [1.54, 1.807) is 31.2 Å². The van der Waals surface area contributed by atoms with E-state index in [1.165, 1.54) is 11.8 Å². The number of hydrazone groups is 1. The van der Waals surface area contributed by atoms with Crippen LogP contribution in [0.15, 0.2) is 77.9 Å². The molecule has 2 amide bonds. The number of carbonyl (C=O) groups excluding carboxylic acids is 2. The topological polar surface area (TPSA) is 157 Å².